The molecule has 7 nitrogen and oxygen atoms in total. The normalized spacial score (nSPS) is 19.0. The molecule has 154 valence electrons. The van der Waals surface area contributed by atoms with Gasteiger partial charge in [0.25, 0.3) is 5.91 Å². The van der Waals surface area contributed by atoms with Crippen molar-refractivity contribution in [3.05, 3.63) is 23.8 Å². The van der Waals surface area contributed by atoms with Crippen molar-refractivity contribution < 1.29 is 19.1 Å². The number of carbonyl (C=O) groups excluding carboxylic acids is 2. The van der Waals surface area contributed by atoms with Crippen molar-refractivity contribution in [2.24, 2.45) is 5.92 Å². The quantitative estimate of drug-likeness (QED) is 0.777. The number of nitrogens with zero attached hydrogens (tertiary/aromatic N) is 2. The Kier molecular flexibility index (Phi) is 6.78. The fourth-order valence-corrected chi connectivity index (χ4v) is 3.66. The summed E-state index contributed by atoms with van der Waals surface area (Å²) in [7, 11) is 4.91. The maximum absolute atomic E-state index is 13.0. The van der Waals surface area contributed by atoms with Crippen molar-refractivity contribution in [1.82, 2.24) is 9.80 Å². The van der Waals surface area contributed by atoms with Crippen molar-refractivity contribution in [3.8, 4) is 5.75 Å². The fraction of sp³-hybridized carbons (Fsp3) is 0.619. The number of rotatable bonds is 7. The van der Waals surface area contributed by atoms with Gasteiger partial charge in [0.2, 0.25) is 0 Å². The van der Waals surface area contributed by atoms with Gasteiger partial charge in [-0.25, -0.2) is 4.79 Å². The lowest BCUT2D eigenvalue weighted by atomic mass is 9.85. The summed E-state index contributed by atoms with van der Waals surface area (Å²) in [5, 5.41) is 2.96. The number of carbonyl (C=O) groups is 2. The molecule has 1 aliphatic heterocycles. The highest BCUT2D eigenvalue weighted by molar-refractivity contribution is 5.99. The van der Waals surface area contributed by atoms with E-state index in [-0.39, 0.29) is 18.0 Å². The number of methoxy groups -OCH3 is 1. The molecule has 1 saturated carbocycles. The second kappa shape index (κ2) is 9.28. The first-order valence-electron chi connectivity index (χ1n) is 10.0. The monoisotopic (exact) mass is 389 g/mol. The summed E-state index contributed by atoms with van der Waals surface area (Å²) in [5.41, 5.74) is 1.01. The average Bonchev–Trinajstić information content (AvgIpc) is 3.15. The molecule has 1 N–H and O–H groups in total. The molecule has 1 heterocycles. The number of urea groups is 1. The zero-order valence-electron chi connectivity index (χ0n) is 17.1. The second-order valence-electron chi connectivity index (χ2n) is 7.88. The second-order valence-corrected chi connectivity index (χ2v) is 7.88. The molecule has 0 aromatic heterocycles. The third-order valence-electron chi connectivity index (χ3n) is 5.53. The summed E-state index contributed by atoms with van der Waals surface area (Å²) in [4.78, 5) is 28.8. The van der Waals surface area contributed by atoms with Crippen LogP contribution in [0.1, 0.15) is 42.5 Å². The fourth-order valence-electron chi connectivity index (χ4n) is 3.66. The number of benzene rings is 1. The van der Waals surface area contributed by atoms with E-state index in [2.05, 4.69) is 5.32 Å². The van der Waals surface area contributed by atoms with Gasteiger partial charge in [-0.2, -0.15) is 0 Å². The number of nitrogens with one attached hydrogen (secondary N) is 1. The summed E-state index contributed by atoms with van der Waals surface area (Å²) in [5.74, 6) is 0.898. The Morgan fingerprint density at radius 3 is 2.54 bits per heavy atom. The van der Waals surface area contributed by atoms with Crippen molar-refractivity contribution >= 4 is 17.6 Å². The lowest BCUT2D eigenvalue weighted by molar-refractivity contribution is 0.0748. The Labute approximate surface area is 167 Å². The van der Waals surface area contributed by atoms with Gasteiger partial charge in [0.15, 0.2) is 0 Å². The van der Waals surface area contributed by atoms with E-state index >= 15 is 0 Å². The summed E-state index contributed by atoms with van der Waals surface area (Å²) in [6.07, 6.45) is 5.77. The zero-order chi connectivity index (χ0) is 20.1. The number of hydrogen-bond acceptors (Lipinski definition) is 4. The van der Waals surface area contributed by atoms with Crippen LogP contribution in [0.4, 0.5) is 10.5 Å². The minimum absolute atomic E-state index is 0.118. The largest absolute Gasteiger partial charge is 0.496 e. The van der Waals surface area contributed by atoms with Gasteiger partial charge in [-0.3, -0.25) is 4.79 Å². The first-order valence-corrected chi connectivity index (χ1v) is 10.0. The predicted octanol–water partition coefficient (Wildman–Crippen LogP) is 3.21. The molecule has 2 fully saturated rings. The third kappa shape index (κ3) is 4.95. The van der Waals surface area contributed by atoms with E-state index in [4.69, 9.17) is 9.47 Å². The van der Waals surface area contributed by atoms with Crippen LogP contribution in [0.25, 0.3) is 0 Å². The van der Waals surface area contributed by atoms with Crippen LogP contribution in [0.15, 0.2) is 18.2 Å². The van der Waals surface area contributed by atoms with Crippen LogP contribution in [-0.4, -0.2) is 68.7 Å². The minimum Gasteiger partial charge on any atom is -0.496 e. The third-order valence-corrected chi connectivity index (χ3v) is 5.53. The number of hydrogen-bond donors (Lipinski definition) is 1. The molecular formula is C21H31N3O4. The van der Waals surface area contributed by atoms with Crippen LogP contribution in [-0.2, 0) is 4.74 Å². The van der Waals surface area contributed by atoms with Crippen LogP contribution >= 0.6 is 0 Å². The number of anilines is 1. The summed E-state index contributed by atoms with van der Waals surface area (Å²) in [6.45, 7) is 2.14. The van der Waals surface area contributed by atoms with Crippen LogP contribution < -0.4 is 10.1 Å². The van der Waals surface area contributed by atoms with Gasteiger partial charge in [-0.1, -0.05) is 6.42 Å². The molecule has 0 spiro atoms. The first-order chi connectivity index (χ1) is 13.5. The van der Waals surface area contributed by atoms with Crippen molar-refractivity contribution in [3.63, 3.8) is 0 Å². The minimum atomic E-state index is -0.168. The van der Waals surface area contributed by atoms with Gasteiger partial charge in [0.05, 0.1) is 18.8 Å². The maximum Gasteiger partial charge on any atom is 0.321 e. The highest BCUT2D eigenvalue weighted by atomic mass is 16.5. The molecule has 0 bridgehead atoms. The Balaban J connectivity index is 1.72. The van der Waals surface area contributed by atoms with Crippen molar-refractivity contribution in [2.45, 2.75) is 38.2 Å². The smallest absolute Gasteiger partial charge is 0.321 e. The molecule has 1 saturated heterocycles. The number of ether oxygens (including phenoxy) is 2. The standard InChI is InChI=1S/C21H31N3O4/c1-23(2)20(25)18-12-16(9-10-19(18)27-3)22-21(26)24(13-15-6-4-7-15)14-17-8-5-11-28-17/h9-10,12,15,17H,4-8,11,13-14H2,1-3H3,(H,22,26)/t17-/m0/s1. The van der Waals surface area contributed by atoms with E-state index in [1.54, 1.807) is 32.3 Å². The highest BCUT2D eigenvalue weighted by Gasteiger charge is 2.27. The van der Waals surface area contributed by atoms with E-state index in [1.807, 2.05) is 4.90 Å². The highest BCUT2D eigenvalue weighted by Crippen LogP contribution is 2.28. The molecule has 0 radical (unpaired) electrons. The Morgan fingerprint density at radius 1 is 1.18 bits per heavy atom. The summed E-state index contributed by atoms with van der Waals surface area (Å²) >= 11 is 0. The van der Waals surface area contributed by atoms with E-state index < -0.39 is 0 Å². The molecule has 1 atom stereocenters. The predicted molar refractivity (Wildman–Crippen MR) is 108 cm³/mol. The molecule has 0 unspecified atom stereocenters. The maximum atomic E-state index is 13.0. The van der Waals surface area contributed by atoms with Gasteiger partial charge >= 0.3 is 6.03 Å². The molecule has 3 rings (SSSR count). The molecule has 1 aromatic rings. The van der Waals surface area contributed by atoms with Crippen LogP contribution in [0.3, 0.4) is 0 Å². The Morgan fingerprint density at radius 2 is 1.96 bits per heavy atom. The Hall–Kier alpha value is -2.28. The summed E-state index contributed by atoms with van der Waals surface area (Å²) in [6, 6.07) is 5.00. The van der Waals surface area contributed by atoms with Gasteiger partial charge in [0, 0.05) is 39.5 Å². The van der Waals surface area contributed by atoms with E-state index in [1.165, 1.54) is 31.3 Å². The van der Waals surface area contributed by atoms with E-state index in [0.717, 1.165) is 26.0 Å². The van der Waals surface area contributed by atoms with E-state index in [9.17, 15) is 9.59 Å². The lowest BCUT2D eigenvalue weighted by Crippen LogP contribution is -2.44. The van der Waals surface area contributed by atoms with E-state index in [0.29, 0.717) is 29.5 Å². The van der Waals surface area contributed by atoms with Crippen molar-refractivity contribution in [1.29, 1.82) is 0 Å². The zero-order valence-corrected chi connectivity index (χ0v) is 17.1. The topological polar surface area (TPSA) is 71.1 Å². The van der Waals surface area contributed by atoms with Crippen LogP contribution in [0, 0.1) is 5.92 Å². The van der Waals surface area contributed by atoms with Crippen LogP contribution in [0.2, 0.25) is 0 Å². The average molecular weight is 389 g/mol. The molecule has 28 heavy (non-hydrogen) atoms. The van der Waals surface area contributed by atoms with Crippen molar-refractivity contribution in [2.75, 3.05) is 46.2 Å². The first kappa shape index (κ1) is 20.5. The number of amides is 3. The SMILES string of the molecule is COc1ccc(NC(=O)N(CC2CCC2)C[C@@H]2CCCO2)cc1C(=O)N(C)C. The molecule has 2 aliphatic rings. The molecular weight excluding hydrogens is 358 g/mol. The Bertz CT molecular complexity index is 697. The van der Waals surface area contributed by atoms with Gasteiger partial charge in [-0.15, -0.1) is 0 Å². The van der Waals surface area contributed by atoms with Crippen LogP contribution in [0.5, 0.6) is 5.75 Å². The molecule has 1 aromatic carbocycles. The lowest BCUT2D eigenvalue weighted by Gasteiger charge is -2.33. The van der Waals surface area contributed by atoms with Gasteiger partial charge < -0.3 is 24.6 Å². The molecule has 3 amide bonds. The summed E-state index contributed by atoms with van der Waals surface area (Å²) < 4.78 is 11.0. The van der Waals surface area contributed by atoms with Gasteiger partial charge in [0.1, 0.15) is 5.75 Å². The molecule has 7 heteroatoms. The van der Waals surface area contributed by atoms with Gasteiger partial charge in [-0.05, 0) is 49.8 Å². The molecule has 1 aliphatic carbocycles.